The third-order valence-corrected chi connectivity index (χ3v) is 1.41. The van der Waals surface area contributed by atoms with Crippen LogP contribution >= 0.6 is 0 Å². The zero-order valence-corrected chi connectivity index (χ0v) is 8.61. The van der Waals surface area contributed by atoms with Crippen LogP contribution in [0.5, 0.6) is 0 Å². The standard InChI is InChI=1S/C7H11N3O.C2H6.H2/c1-5(2)10-6(7(8)11)3-4-9-10;1-2;/h3-5H,1-2H3,(H2,8,11);1-2H3;1H. The number of rotatable bonds is 2. The van der Waals surface area contributed by atoms with Crippen molar-refractivity contribution in [1.82, 2.24) is 9.78 Å². The molecule has 0 aromatic carbocycles. The fourth-order valence-electron chi connectivity index (χ4n) is 0.921. The Balaban J connectivity index is 0. The van der Waals surface area contributed by atoms with Gasteiger partial charge in [-0.15, -0.1) is 0 Å². The Morgan fingerprint density at radius 2 is 2.15 bits per heavy atom. The Kier molecular flexibility index (Phi) is 4.80. The fourth-order valence-corrected chi connectivity index (χ4v) is 0.921. The third-order valence-electron chi connectivity index (χ3n) is 1.41. The first-order valence-corrected chi connectivity index (χ1v) is 4.46. The summed E-state index contributed by atoms with van der Waals surface area (Å²) < 4.78 is 1.60. The van der Waals surface area contributed by atoms with Crippen LogP contribution in [0.15, 0.2) is 12.3 Å². The summed E-state index contributed by atoms with van der Waals surface area (Å²) in [5.41, 5.74) is 5.56. The summed E-state index contributed by atoms with van der Waals surface area (Å²) in [6.07, 6.45) is 1.57. The second kappa shape index (κ2) is 5.35. The molecule has 1 heterocycles. The maximum Gasteiger partial charge on any atom is 0.266 e. The molecular formula is C9H19N3O. The Morgan fingerprint density at radius 3 is 2.46 bits per heavy atom. The number of aromatic nitrogens is 2. The van der Waals surface area contributed by atoms with E-state index < -0.39 is 5.91 Å². The van der Waals surface area contributed by atoms with Gasteiger partial charge in [0, 0.05) is 13.7 Å². The molecule has 0 radical (unpaired) electrons. The van der Waals surface area contributed by atoms with Crippen molar-refractivity contribution in [1.29, 1.82) is 0 Å². The number of nitrogens with two attached hydrogens (primary N) is 1. The first kappa shape index (κ1) is 11.7. The van der Waals surface area contributed by atoms with Gasteiger partial charge < -0.3 is 5.73 Å². The van der Waals surface area contributed by atoms with Crippen molar-refractivity contribution in [2.45, 2.75) is 33.7 Å². The van der Waals surface area contributed by atoms with Crippen LogP contribution in [0.2, 0.25) is 0 Å². The van der Waals surface area contributed by atoms with E-state index in [0.29, 0.717) is 5.69 Å². The molecule has 0 aliphatic carbocycles. The number of primary amides is 1. The molecule has 4 nitrogen and oxygen atoms in total. The highest BCUT2D eigenvalue weighted by Gasteiger charge is 2.09. The van der Waals surface area contributed by atoms with Crippen LogP contribution in [0, 0.1) is 0 Å². The molecule has 76 valence electrons. The molecule has 0 saturated carbocycles. The summed E-state index contributed by atoms with van der Waals surface area (Å²) in [5, 5.41) is 3.95. The van der Waals surface area contributed by atoms with E-state index in [1.807, 2.05) is 27.7 Å². The highest BCUT2D eigenvalue weighted by Crippen LogP contribution is 2.06. The van der Waals surface area contributed by atoms with Gasteiger partial charge in [-0.1, -0.05) is 13.8 Å². The molecule has 13 heavy (non-hydrogen) atoms. The number of hydrogen-bond acceptors (Lipinski definition) is 2. The number of carbonyl (C=O) groups is 1. The molecule has 0 bridgehead atoms. The lowest BCUT2D eigenvalue weighted by molar-refractivity contribution is 0.0988. The minimum atomic E-state index is -0.434. The SMILES string of the molecule is CC.CC(C)n1nccc1C(N)=O.[HH]. The highest BCUT2D eigenvalue weighted by atomic mass is 16.1. The molecule has 1 aromatic rings. The second-order valence-corrected chi connectivity index (χ2v) is 2.62. The molecule has 0 fully saturated rings. The predicted octanol–water partition coefficient (Wildman–Crippen LogP) is 1.84. The fraction of sp³-hybridized carbons (Fsp3) is 0.556. The van der Waals surface area contributed by atoms with Crippen molar-refractivity contribution in [3.8, 4) is 0 Å². The molecule has 0 aliphatic heterocycles. The van der Waals surface area contributed by atoms with E-state index in [1.54, 1.807) is 16.9 Å². The topological polar surface area (TPSA) is 60.9 Å². The maximum absolute atomic E-state index is 10.7. The minimum Gasteiger partial charge on any atom is -0.364 e. The first-order valence-electron chi connectivity index (χ1n) is 4.46. The largest absolute Gasteiger partial charge is 0.364 e. The molecule has 1 aromatic heterocycles. The smallest absolute Gasteiger partial charge is 0.266 e. The van der Waals surface area contributed by atoms with E-state index in [2.05, 4.69) is 5.10 Å². The monoisotopic (exact) mass is 185 g/mol. The lowest BCUT2D eigenvalue weighted by atomic mass is 10.3. The van der Waals surface area contributed by atoms with Gasteiger partial charge >= 0.3 is 0 Å². The molecular weight excluding hydrogens is 166 g/mol. The van der Waals surface area contributed by atoms with Gasteiger partial charge in [0.25, 0.3) is 5.91 Å². The quantitative estimate of drug-likeness (QED) is 0.764. The van der Waals surface area contributed by atoms with Gasteiger partial charge in [0.1, 0.15) is 5.69 Å². The summed E-state index contributed by atoms with van der Waals surface area (Å²) >= 11 is 0. The minimum absolute atomic E-state index is 0. The lowest BCUT2D eigenvalue weighted by Crippen LogP contribution is -2.18. The van der Waals surface area contributed by atoms with Gasteiger partial charge in [-0.05, 0) is 19.9 Å². The molecule has 0 spiro atoms. The maximum atomic E-state index is 10.7. The molecule has 1 amide bonds. The highest BCUT2D eigenvalue weighted by molar-refractivity contribution is 5.90. The first-order chi connectivity index (χ1) is 6.13. The Hall–Kier alpha value is -1.32. The van der Waals surface area contributed by atoms with Crippen LogP contribution in [0.1, 0.15) is 45.7 Å². The summed E-state index contributed by atoms with van der Waals surface area (Å²) in [6, 6.07) is 1.79. The van der Waals surface area contributed by atoms with Crippen molar-refractivity contribution < 1.29 is 6.22 Å². The van der Waals surface area contributed by atoms with Crippen molar-refractivity contribution in [2.75, 3.05) is 0 Å². The van der Waals surface area contributed by atoms with E-state index in [4.69, 9.17) is 5.73 Å². The summed E-state index contributed by atoms with van der Waals surface area (Å²) in [5.74, 6) is -0.434. The average molecular weight is 185 g/mol. The molecule has 0 saturated heterocycles. The second-order valence-electron chi connectivity index (χ2n) is 2.62. The zero-order valence-electron chi connectivity index (χ0n) is 8.61. The summed E-state index contributed by atoms with van der Waals surface area (Å²) in [4.78, 5) is 10.7. The van der Waals surface area contributed by atoms with E-state index in [9.17, 15) is 4.79 Å². The van der Waals surface area contributed by atoms with Gasteiger partial charge in [-0.3, -0.25) is 9.48 Å². The number of nitrogens with zero attached hydrogens (tertiary/aromatic N) is 2. The van der Waals surface area contributed by atoms with E-state index in [0.717, 1.165) is 0 Å². The van der Waals surface area contributed by atoms with Crippen LogP contribution in [-0.2, 0) is 0 Å². The van der Waals surface area contributed by atoms with Crippen molar-refractivity contribution in [3.05, 3.63) is 18.0 Å². The van der Waals surface area contributed by atoms with Gasteiger partial charge in [0.2, 0.25) is 0 Å². The molecule has 2 N–H and O–H groups in total. The Bertz CT molecular complexity index is 271. The van der Waals surface area contributed by atoms with Crippen LogP contribution < -0.4 is 5.73 Å². The Morgan fingerprint density at radius 1 is 1.62 bits per heavy atom. The molecule has 0 aliphatic rings. The van der Waals surface area contributed by atoms with Crippen molar-refractivity contribution in [3.63, 3.8) is 0 Å². The van der Waals surface area contributed by atoms with Crippen LogP contribution in [0.25, 0.3) is 0 Å². The summed E-state index contributed by atoms with van der Waals surface area (Å²) in [6.45, 7) is 7.89. The van der Waals surface area contributed by atoms with Crippen LogP contribution in [0.3, 0.4) is 0 Å². The molecule has 1 rings (SSSR count). The van der Waals surface area contributed by atoms with E-state index in [-0.39, 0.29) is 7.47 Å². The lowest BCUT2D eigenvalue weighted by Gasteiger charge is -2.07. The molecule has 0 atom stereocenters. The zero-order chi connectivity index (χ0) is 10.4. The van der Waals surface area contributed by atoms with Gasteiger partial charge in [0.15, 0.2) is 0 Å². The number of amides is 1. The summed E-state index contributed by atoms with van der Waals surface area (Å²) in [7, 11) is 0. The normalized spacial score (nSPS) is 9.31. The molecule has 0 unspecified atom stereocenters. The van der Waals surface area contributed by atoms with Gasteiger partial charge in [0.05, 0.1) is 0 Å². The van der Waals surface area contributed by atoms with Gasteiger partial charge in [-0.2, -0.15) is 5.10 Å². The van der Waals surface area contributed by atoms with Crippen molar-refractivity contribution in [2.24, 2.45) is 5.73 Å². The Labute approximate surface area is 80.2 Å². The van der Waals surface area contributed by atoms with Gasteiger partial charge in [-0.25, -0.2) is 0 Å². The molecule has 4 heteroatoms. The number of carbonyl (C=O) groups excluding carboxylic acids is 1. The third kappa shape index (κ3) is 2.89. The van der Waals surface area contributed by atoms with Crippen LogP contribution in [0.4, 0.5) is 0 Å². The van der Waals surface area contributed by atoms with Crippen LogP contribution in [-0.4, -0.2) is 15.7 Å². The average Bonchev–Trinajstić information content (AvgIpc) is 2.55. The predicted molar refractivity (Wildman–Crippen MR) is 54.6 cm³/mol. The van der Waals surface area contributed by atoms with Crippen molar-refractivity contribution >= 4 is 5.91 Å². The van der Waals surface area contributed by atoms with E-state index >= 15 is 0 Å². The van der Waals surface area contributed by atoms with E-state index in [1.165, 1.54) is 0 Å². The number of hydrogen-bond donors (Lipinski definition) is 1.